The van der Waals surface area contributed by atoms with E-state index in [2.05, 4.69) is 18.3 Å². The number of nitriles is 1. The van der Waals surface area contributed by atoms with Crippen LogP contribution in [0.1, 0.15) is 45.4 Å². The highest BCUT2D eigenvalue weighted by molar-refractivity contribution is 5.88. The van der Waals surface area contributed by atoms with E-state index < -0.39 is 5.41 Å². The Balaban J connectivity index is 1.83. The van der Waals surface area contributed by atoms with Crippen molar-refractivity contribution in [3.05, 3.63) is 0 Å². The molecule has 82 valence electrons. The van der Waals surface area contributed by atoms with Gasteiger partial charge in [0.1, 0.15) is 5.41 Å². The summed E-state index contributed by atoms with van der Waals surface area (Å²) in [5.41, 5.74) is -0.306. The van der Waals surface area contributed by atoms with Crippen molar-refractivity contribution in [1.82, 2.24) is 5.32 Å². The molecule has 0 spiro atoms. The average molecular weight is 206 g/mol. The van der Waals surface area contributed by atoms with Crippen LogP contribution in [0.4, 0.5) is 0 Å². The van der Waals surface area contributed by atoms with Gasteiger partial charge in [0.25, 0.3) is 0 Å². The Labute approximate surface area is 90.8 Å². The summed E-state index contributed by atoms with van der Waals surface area (Å²) in [4.78, 5) is 11.7. The van der Waals surface area contributed by atoms with Crippen LogP contribution in [0.15, 0.2) is 0 Å². The Morgan fingerprint density at radius 2 is 2.07 bits per heavy atom. The third-order valence-corrected chi connectivity index (χ3v) is 4.19. The molecule has 2 saturated carbocycles. The predicted molar refractivity (Wildman–Crippen MR) is 56.9 cm³/mol. The molecule has 0 bridgehead atoms. The first-order valence-corrected chi connectivity index (χ1v) is 5.86. The smallest absolute Gasteiger partial charge is 0.240 e. The molecule has 0 aromatic heterocycles. The lowest BCUT2D eigenvalue weighted by molar-refractivity contribution is -0.125. The molecular formula is C12H18N2O. The standard InChI is InChI=1S/C12H18N2O/c1-2-11(4-3-5-11)9-14-10(15)12(8-13)6-7-12/h2-7,9H2,1H3,(H,14,15). The molecule has 3 nitrogen and oxygen atoms in total. The maximum atomic E-state index is 11.7. The van der Waals surface area contributed by atoms with Crippen molar-refractivity contribution in [1.29, 1.82) is 5.26 Å². The van der Waals surface area contributed by atoms with Crippen molar-refractivity contribution >= 4 is 5.91 Å². The number of hydrogen-bond donors (Lipinski definition) is 1. The lowest BCUT2D eigenvalue weighted by Crippen LogP contribution is -2.43. The second-order valence-corrected chi connectivity index (χ2v) is 5.08. The first-order chi connectivity index (χ1) is 7.16. The zero-order chi connectivity index (χ0) is 10.9. The Morgan fingerprint density at radius 3 is 2.40 bits per heavy atom. The van der Waals surface area contributed by atoms with E-state index >= 15 is 0 Å². The van der Waals surface area contributed by atoms with Crippen molar-refractivity contribution in [2.75, 3.05) is 6.54 Å². The molecule has 0 heterocycles. The number of nitrogens with zero attached hydrogens (tertiary/aromatic N) is 1. The lowest BCUT2D eigenvalue weighted by atomic mass is 9.67. The van der Waals surface area contributed by atoms with E-state index in [1.54, 1.807) is 0 Å². The summed E-state index contributed by atoms with van der Waals surface area (Å²) in [6.07, 6.45) is 6.36. The molecule has 2 aliphatic carbocycles. The summed E-state index contributed by atoms with van der Waals surface area (Å²) in [5.74, 6) is -0.0373. The fourth-order valence-electron chi connectivity index (χ4n) is 2.28. The molecule has 0 aromatic carbocycles. The molecule has 0 aliphatic heterocycles. The number of rotatable bonds is 4. The van der Waals surface area contributed by atoms with Crippen molar-refractivity contribution in [3.8, 4) is 6.07 Å². The molecule has 1 N–H and O–H groups in total. The van der Waals surface area contributed by atoms with Crippen molar-refractivity contribution in [2.24, 2.45) is 10.8 Å². The quantitative estimate of drug-likeness (QED) is 0.764. The van der Waals surface area contributed by atoms with Gasteiger partial charge in [-0.1, -0.05) is 13.3 Å². The minimum atomic E-state index is -0.654. The van der Waals surface area contributed by atoms with E-state index in [0.29, 0.717) is 5.41 Å². The molecule has 0 unspecified atom stereocenters. The van der Waals surface area contributed by atoms with E-state index in [1.807, 2.05) is 0 Å². The fourth-order valence-corrected chi connectivity index (χ4v) is 2.28. The normalized spacial score (nSPS) is 24.8. The molecule has 15 heavy (non-hydrogen) atoms. The molecule has 2 rings (SSSR count). The zero-order valence-corrected chi connectivity index (χ0v) is 9.31. The van der Waals surface area contributed by atoms with Gasteiger partial charge in [0, 0.05) is 6.54 Å². The molecule has 0 radical (unpaired) electrons. The Morgan fingerprint density at radius 1 is 1.40 bits per heavy atom. The minimum Gasteiger partial charge on any atom is -0.354 e. The van der Waals surface area contributed by atoms with Crippen LogP contribution < -0.4 is 5.32 Å². The summed E-state index contributed by atoms with van der Waals surface area (Å²) >= 11 is 0. The third kappa shape index (κ3) is 1.73. The van der Waals surface area contributed by atoms with Crippen LogP contribution in [-0.2, 0) is 4.79 Å². The van der Waals surface area contributed by atoms with Gasteiger partial charge in [-0.05, 0) is 37.5 Å². The van der Waals surface area contributed by atoms with E-state index in [9.17, 15) is 4.79 Å². The van der Waals surface area contributed by atoms with E-state index in [-0.39, 0.29) is 5.91 Å². The topological polar surface area (TPSA) is 52.9 Å². The van der Waals surface area contributed by atoms with E-state index in [4.69, 9.17) is 5.26 Å². The second kappa shape index (κ2) is 3.52. The van der Waals surface area contributed by atoms with Crippen LogP contribution in [0.5, 0.6) is 0 Å². The lowest BCUT2D eigenvalue weighted by Gasteiger charge is -2.41. The van der Waals surface area contributed by atoms with Crippen LogP contribution in [0.25, 0.3) is 0 Å². The fraction of sp³-hybridized carbons (Fsp3) is 0.833. The molecule has 3 heteroatoms. The van der Waals surface area contributed by atoms with Gasteiger partial charge in [-0.25, -0.2) is 0 Å². The van der Waals surface area contributed by atoms with Crippen LogP contribution >= 0.6 is 0 Å². The van der Waals surface area contributed by atoms with Gasteiger partial charge in [-0.2, -0.15) is 5.26 Å². The highest BCUT2D eigenvalue weighted by Crippen LogP contribution is 2.46. The third-order valence-electron chi connectivity index (χ3n) is 4.19. The first-order valence-electron chi connectivity index (χ1n) is 5.86. The SMILES string of the molecule is CCC1(CNC(=O)C2(C#N)CC2)CCC1. The predicted octanol–water partition coefficient (Wildman–Crippen LogP) is 1.99. The van der Waals surface area contributed by atoms with Gasteiger partial charge in [0.15, 0.2) is 0 Å². The number of carbonyl (C=O) groups excluding carboxylic acids is 1. The monoisotopic (exact) mass is 206 g/mol. The number of nitrogens with one attached hydrogen (secondary N) is 1. The number of hydrogen-bond acceptors (Lipinski definition) is 2. The van der Waals surface area contributed by atoms with Gasteiger partial charge < -0.3 is 5.32 Å². The van der Waals surface area contributed by atoms with Gasteiger partial charge in [-0.15, -0.1) is 0 Å². The number of carbonyl (C=O) groups is 1. The molecule has 0 atom stereocenters. The van der Waals surface area contributed by atoms with E-state index in [0.717, 1.165) is 25.8 Å². The Kier molecular flexibility index (Phi) is 2.46. The highest BCUT2D eigenvalue weighted by atomic mass is 16.2. The number of amides is 1. The molecule has 0 saturated heterocycles. The minimum absolute atomic E-state index is 0.0373. The first kappa shape index (κ1) is 10.5. The Hall–Kier alpha value is -1.04. The summed E-state index contributed by atoms with van der Waals surface area (Å²) in [6.45, 7) is 2.95. The maximum Gasteiger partial charge on any atom is 0.240 e. The molecule has 2 fully saturated rings. The van der Waals surface area contributed by atoms with Crippen LogP contribution in [0.3, 0.4) is 0 Å². The maximum absolute atomic E-state index is 11.7. The largest absolute Gasteiger partial charge is 0.354 e. The van der Waals surface area contributed by atoms with Crippen LogP contribution in [0, 0.1) is 22.2 Å². The van der Waals surface area contributed by atoms with Crippen molar-refractivity contribution in [3.63, 3.8) is 0 Å². The average Bonchev–Trinajstić information content (AvgIpc) is 2.97. The van der Waals surface area contributed by atoms with Crippen LogP contribution in [0.2, 0.25) is 0 Å². The molecular weight excluding hydrogens is 188 g/mol. The second-order valence-electron chi connectivity index (χ2n) is 5.08. The van der Waals surface area contributed by atoms with Crippen molar-refractivity contribution in [2.45, 2.75) is 45.4 Å². The van der Waals surface area contributed by atoms with E-state index in [1.165, 1.54) is 19.3 Å². The summed E-state index contributed by atoms with van der Waals surface area (Å²) in [7, 11) is 0. The zero-order valence-electron chi connectivity index (χ0n) is 9.31. The van der Waals surface area contributed by atoms with Gasteiger partial charge in [-0.3, -0.25) is 4.79 Å². The van der Waals surface area contributed by atoms with Gasteiger partial charge >= 0.3 is 0 Å². The van der Waals surface area contributed by atoms with Crippen LogP contribution in [-0.4, -0.2) is 12.5 Å². The van der Waals surface area contributed by atoms with Gasteiger partial charge in [0.05, 0.1) is 6.07 Å². The van der Waals surface area contributed by atoms with Crippen molar-refractivity contribution < 1.29 is 4.79 Å². The molecule has 0 aromatic rings. The molecule has 2 aliphatic rings. The molecule has 1 amide bonds. The Bertz CT molecular complexity index is 303. The summed E-state index contributed by atoms with van der Waals surface area (Å²) in [5, 5.41) is 11.8. The summed E-state index contributed by atoms with van der Waals surface area (Å²) in [6, 6.07) is 2.13. The highest BCUT2D eigenvalue weighted by Gasteiger charge is 2.51. The summed E-state index contributed by atoms with van der Waals surface area (Å²) < 4.78 is 0. The van der Waals surface area contributed by atoms with Gasteiger partial charge in [0.2, 0.25) is 5.91 Å².